The molecule has 0 saturated carbocycles. The van der Waals surface area contributed by atoms with Crippen LogP contribution in [0, 0.1) is 0 Å². The maximum atomic E-state index is 12.5. The van der Waals surface area contributed by atoms with Crippen molar-refractivity contribution in [3.05, 3.63) is 54.4 Å². The largest absolute Gasteiger partial charge is 0.493 e. The highest BCUT2D eigenvalue weighted by Gasteiger charge is 2.14. The van der Waals surface area contributed by atoms with Crippen molar-refractivity contribution in [2.45, 2.75) is 0 Å². The summed E-state index contributed by atoms with van der Waals surface area (Å²) in [4.78, 5) is 16.6. The highest BCUT2D eigenvalue weighted by molar-refractivity contribution is 6.12. The van der Waals surface area contributed by atoms with E-state index in [-0.39, 0.29) is 5.91 Å². The second-order valence-corrected chi connectivity index (χ2v) is 4.67. The van der Waals surface area contributed by atoms with Crippen LogP contribution in [0.5, 0.6) is 5.75 Å². The van der Waals surface area contributed by atoms with Crippen molar-refractivity contribution >= 4 is 22.6 Å². The molecule has 0 bridgehead atoms. The number of pyridine rings is 1. The minimum atomic E-state index is -0.205. The third-order valence-electron chi connectivity index (χ3n) is 3.40. The van der Waals surface area contributed by atoms with Crippen molar-refractivity contribution < 1.29 is 9.53 Å². The Labute approximate surface area is 122 Å². The van der Waals surface area contributed by atoms with Gasteiger partial charge in [0.25, 0.3) is 5.91 Å². The monoisotopic (exact) mass is 281 g/mol. The Morgan fingerprint density at radius 3 is 2.90 bits per heavy atom. The number of rotatable bonds is 3. The highest BCUT2D eigenvalue weighted by Crippen LogP contribution is 2.23. The van der Waals surface area contributed by atoms with Crippen LogP contribution < -0.4 is 10.1 Å². The van der Waals surface area contributed by atoms with Crippen LogP contribution in [-0.4, -0.2) is 22.6 Å². The number of anilines is 1. The second kappa shape index (κ2) is 5.28. The summed E-state index contributed by atoms with van der Waals surface area (Å²) in [5.74, 6) is 0.743. The van der Waals surface area contributed by atoms with Gasteiger partial charge in [-0.25, -0.2) is 4.98 Å². The number of carbonyl (C=O) groups excluding carboxylic acids is 1. The molecule has 0 fully saturated rings. The zero-order valence-corrected chi connectivity index (χ0v) is 11.8. The molecule has 0 saturated heterocycles. The summed E-state index contributed by atoms with van der Waals surface area (Å²) in [6.07, 6.45) is 3.55. The van der Waals surface area contributed by atoms with Gasteiger partial charge in [0.05, 0.1) is 7.11 Å². The molecular formula is C16H15N3O2. The molecule has 5 nitrogen and oxygen atoms in total. The van der Waals surface area contributed by atoms with Crippen molar-refractivity contribution in [3.8, 4) is 5.75 Å². The number of ether oxygens (including phenoxy) is 1. The number of hydrogen-bond acceptors (Lipinski definition) is 3. The Morgan fingerprint density at radius 1 is 1.24 bits per heavy atom. The summed E-state index contributed by atoms with van der Waals surface area (Å²) in [5.41, 5.74) is 1.62. The predicted molar refractivity (Wildman–Crippen MR) is 81.7 cm³/mol. The van der Waals surface area contributed by atoms with E-state index in [9.17, 15) is 4.79 Å². The van der Waals surface area contributed by atoms with E-state index in [1.807, 2.05) is 36.0 Å². The molecule has 5 heteroatoms. The van der Waals surface area contributed by atoms with E-state index in [1.165, 1.54) is 0 Å². The lowest BCUT2D eigenvalue weighted by molar-refractivity contribution is 0.102. The molecule has 1 N–H and O–H groups in total. The minimum Gasteiger partial charge on any atom is -0.493 e. The molecule has 3 aromatic rings. The van der Waals surface area contributed by atoms with Crippen LogP contribution in [-0.2, 0) is 7.05 Å². The van der Waals surface area contributed by atoms with Crippen LogP contribution in [0.3, 0.4) is 0 Å². The first-order chi connectivity index (χ1) is 10.2. The predicted octanol–water partition coefficient (Wildman–Crippen LogP) is 2.83. The van der Waals surface area contributed by atoms with Crippen LogP contribution in [0.25, 0.3) is 10.9 Å². The number of hydrogen-bond donors (Lipinski definition) is 1. The second-order valence-electron chi connectivity index (χ2n) is 4.67. The Kier molecular flexibility index (Phi) is 3.31. The first kappa shape index (κ1) is 13.2. The maximum absolute atomic E-state index is 12.5. The summed E-state index contributed by atoms with van der Waals surface area (Å²) in [7, 11) is 3.50. The minimum absolute atomic E-state index is 0.205. The fourth-order valence-electron chi connectivity index (χ4n) is 2.32. The van der Waals surface area contributed by atoms with Crippen molar-refractivity contribution in [3.63, 3.8) is 0 Å². The maximum Gasteiger partial charge on any atom is 0.257 e. The quantitative estimate of drug-likeness (QED) is 0.803. The molecule has 1 aromatic carbocycles. The molecule has 1 amide bonds. The number of nitrogens with one attached hydrogen (secondary N) is 1. The number of fused-ring (bicyclic) bond motifs is 1. The molecule has 0 aliphatic heterocycles. The lowest BCUT2D eigenvalue weighted by Crippen LogP contribution is -2.14. The number of methoxy groups -OCH3 is 1. The van der Waals surface area contributed by atoms with Gasteiger partial charge >= 0.3 is 0 Å². The Balaban J connectivity index is 1.98. The molecule has 2 heterocycles. The number of aromatic nitrogens is 2. The lowest BCUT2D eigenvalue weighted by Gasteiger charge is -2.09. The number of amides is 1. The van der Waals surface area contributed by atoms with Gasteiger partial charge in [0.15, 0.2) is 11.6 Å². The van der Waals surface area contributed by atoms with Gasteiger partial charge in [-0.3, -0.25) is 4.79 Å². The molecule has 0 spiro atoms. The van der Waals surface area contributed by atoms with Gasteiger partial charge in [0.2, 0.25) is 0 Å². The molecule has 0 radical (unpaired) electrons. The van der Waals surface area contributed by atoms with Crippen molar-refractivity contribution in [1.82, 2.24) is 9.55 Å². The van der Waals surface area contributed by atoms with Crippen LogP contribution in [0.4, 0.5) is 5.82 Å². The molecule has 3 rings (SSSR count). The SMILES string of the molecule is COc1cccnc1NC(=O)c1cccc2c1ccn2C. The van der Waals surface area contributed by atoms with Crippen LogP contribution >= 0.6 is 0 Å². The van der Waals surface area contributed by atoms with Gasteiger partial charge in [-0.05, 0) is 30.3 Å². The van der Waals surface area contributed by atoms with Gasteiger partial charge in [0.1, 0.15) is 0 Å². The fraction of sp³-hybridized carbons (Fsp3) is 0.125. The summed E-state index contributed by atoms with van der Waals surface area (Å²) in [6.45, 7) is 0. The number of benzene rings is 1. The van der Waals surface area contributed by atoms with E-state index in [0.29, 0.717) is 17.1 Å². The van der Waals surface area contributed by atoms with Gasteiger partial charge in [-0.1, -0.05) is 6.07 Å². The molecule has 0 unspecified atom stereocenters. The van der Waals surface area contributed by atoms with Crippen molar-refractivity contribution in [1.29, 1.82) is 0 Å². The summed E-state index contributed by atoms with van der Waals surface area (Å²) >= 11 is 0. The van der Waals surface area contributed by atoms with Crippen LogP contribution in [0.1, 0.15) is 10.4 Å². The summed E-state index contributed by atoms with van der Waals surface area (Å²) < 4.78 is 7.17. The first-order valence-electron chi connectivity index (χ1n) is 6.55. The van der Waals surface area contributed by atoms with E-state index in [4.69, 9.17) is 4.74 Å². The van der Waals surface area contributed by atoms with E-state index < -0.39 is 0 Å². The number of nitrogens with zero attached hydrogens (tertiary/aromatic N) is 2. The molecule has 0 atom stereocenters. The summed E-state index contributed by atoms with van der Waals surface area (Å²) in [6, 6.07) is 11.1. The van der Waals surface area contributed by atoms with Gasteiger partial charge in [0, 0.05) is 35.9 Å². The molecule has 0 aliphatic carbocycles. The molecule has 21 heavy (non-hydrogen) atoms. The summed E-state index contributed by atoms with van der Waals surface area (Å²) in [5, 5.41) is 3.70. The third kappa shape index (κ3) is 2.33. The molecule has 0 aliphatic rings. The average molecular weight is 281 g/mol. The van der Waals surface area contributed by atoms with E-state index in [2.05, 4.69) is 10.3 Å². The molecule has 2 aromatic heterocycles. The van der Waals surface area contributed by atoms with Crippen molar-refractivity contribution in [2.24, 2.45) is 7.05 Å². The number of carbonyl (C=O) groups is 1. The van der Waals surface area contributed by atoms with Gasteiger partial charge in [-0.2, -0.15) is 0 Å². The lowest BCUT2D eigenvalue weighted by atomic mass is 10.1. The number of aryl methyl sites for hydroxylation is 1. The zero-order valence-electron chi connectivity index (χ0n) is 11.8. The molecule has 106 valence electrons. The Bertz CT molecular complexity index is 808. The fourth-order valence-corrected chi connectivity index (χ4v) is 2.32. The van der Waals surface area contributed by atoms with E-state index >= 15 is 0 Å². The van der Waals surface area contributed by atoms with Gasteiger partial charge < -0.3 is 14.6 Å². The van der Waals surface area contributed by atoms with E-state index in [0.717, 1.165) is 10.9 Å². The third-order valence-corrected chi connectivity index (χ3v) is 3.40. The average Bonchev–Trinajstić information content (AvgIpc) is 2.89. The molecular weight excluding hydrogens is 266 g/mol. The van der Waals surface area contributed by atoms with E-state index in [1.54, 1.807) is 31.5 Å². The Hall–Kier alpha value is -2.82. The van der Waals surface area contributed by atoms with Gasteiger partial charge in [-0.15, -0.1) is 0 Å². The first-order valence-corrected chi connectivity index (χ1v) is 6.55. The normalized spacial score (nSPS) is 10.6. The smallest absolute Gasteiger partial charge is 0.257 e. The standard InChI is InChI=1S/C16H15N3O2/c1-19-10-8-11-12(5-3-6-13(11)19)16(20)18-15-14(21-2)7-4-9-17-15/h3-10H,1-2H3,(H,17,18,20). The Morgan fingerprint density at radius 2 is 2.10 bits per heavy atom. The highest BCUT2D eigenvalue weighted by atomic mass is 16.5. The van der Waals surface area contributed by atoms with Crippen LogP contribution in [0.2, 0.25) is 0 Å². The van der Waals surface area contributed by atoms with Crippen molar-refractivity contribution in [2.75, 3.05) is 12.4 Å². The zero-order chi connectivity index (χ0) is 14.8. The van der Waals surface area contributed by atoms with Crippen LogP contribution in [0.15, 0.2) is 48.8 Å². The topological polar surface area (TPSA) is 56.1 Å².